The first-order valence-corrected chi connectivity index (χ1v) is 19.8. The molecule has 0 amide bonds. The Hall–Kier alpha value is -1.53. The SMILES string of the molecule is COc1ccc(COCO[C@H](CC[C@H](C)[C@H](C[C@H](O[Si](C)(C)C(C)(C)C)[C@H](C)C=O)OC)[C@H](C)[C@@H]2OC(OC)C[C@H]2C)cc1OC. The van der Waals surface area contributed by atoms with Crippen molar-refractivity contribution in [2.75, 3.05) is 35.2 Å². The van der Waals surface area contributed by atoms with Crippen molar-refractivity contribution in [1.82, 2.24) is 0 Å². The molecule has 1 fully saturated rings. The Bertz CT molecular complexity index is 1030. The third-order valence-electron chi connectivity index (χ3n) is 10.2. The summed E-state index contributed by atoms with van der Waals surface area (Å²) in [7, 11) is 4.61. The normalized spacial score (nSPS) is 22.9. The molecule has 0 saturated carbocycles. The number of aldehydes is 1. The van der Waals surface area contributed by atoms with Crippen molar-refractivity contribution in [2.24, 2.45) is 23.7 Å². The molecule has 10 heteroatoms. The Morgan fingerprint density at radius 1 is 0.978 bits per heavy atom. The van der Waals surface area contributed by atoms with Crippen LogP contribution in [0.3, 0.4) is 0 Å². The predicted molar refractivity (Wildman–Crippen MR) is 184 cm³/mol. The van der Waals surface area contributed by atoms with Crippen molar-refractivity contribution in [1.29, 1.82) is 0 Å². The molecule has 0 bridgehead atoms. The Balaban J connectivity index is 2.11. The molecule has 0 radical (unpaired) electrons. The summed E-state index contributed by atoms with van der Waals surface area (Å²) in [4.78, 5) is 11.9. The van der Waals surface area contributed by atoms with Gasteiger partial charge in [-0.3, -0.25) is 0 Å². The van der Waals surface area contributed by atoms with Crippen molar-refractivity contribution in [2.45, 2.75) is 130 Å². The van der Waals surface area contributed by atoms with Crippen LogP contribution in [0.4, 0.5) is 0 Å². The molecule has 2 rings (SSSR count). The number of carbonyl (C=O) groups is 1. The van der Waals surface area contributed by atoms with Crippen LogP contribution in [-0.4, -0.2) is 80.5 Å². The van der Waals surface area contributed by atoms with Crippen LogP contribution in [0.2, 0.25) is 18.1 Å². The number of methoxy groups -OCH3 is 4. The van der Waals surface area contributed by atoms with E-state index in [-0.39, 0.29) is 60.3 Å². The van der Waals surface area contributed by atoms with Crippen molar-refractivity contribution in [3.63, 3.8) is 0 Å². The van der Waals surface area contributed by atoms with Crippen LogP contribution >= 0.6 is 0 Å². The lowest BCUT2D eigenvalue weighted by Gasteiger charge is -2.41. The molecule has 1 aromatic carbocycles. The predicted octanol–water partition coefficient (Wildman–Crippen LogP) is 7.64. The van der Waals surface area contributed by atoms with Gasteiger partial charge in [-0.1, -0.05) is 54.5 Å². The third kappa shape index (κ3) is 11.6. The standard InChI is InChI=1S/C36H64O9Si/c1-24(31(39-9)20-32(26(3)21-37)45-46(12,13)36(5,6)7)14-16-29(27(4)35-25(2)18-34(41-11)44-35)43-23-42-22-28-15-17-30(38-8)33(19-28)40-10/h15,17,19,21,24-27,29,31-32,34-35H,14,16,18,20,22-23H2,1-13H3/t24-,25+,26+,27-,29+,31-,32-,34?,35+/m0/s1. The summed E-state index contributed by atoms with van der Waals surface area (Å²) in [5, 5.41) is 0.0471. The summed E-state index contributed by atoms with van der Waals surface area (Å²) in [5.74, 6) is 1.82. The summed E-state index contributed by atoms with van der Waals surface area (Å²) in [5.41, 5.74) is 0.970. The highest BCUT2D eigenvalue weighted by atomic mass is 28.4. The number of rotatable bonds is 21. The minimum absolute atomic E-state index is 0.0186. The van der Waals surface area contributed by atoms with Crippen molar-refractivity contribution >= 4 is 14.6 Å². The molecule has 1 aromatic rings. The van der Waals surface area contributed by atoms with Crippen LogP contribution in [0, 0.1) is 23.7 Å². The number of hydrogen-bond donors (Lipinski definition) is 0. The number of hydrogen-bond acceptors (Lipinski definition) is 9. The highest BCUT2D eigenvalue weighted by Crippen LogP contribution is 2.39. The average Bonchev–Trinajstić information content (AvgIpc) is 3.41. The van der Waals surface area contributed by atoms with E-state index in [4.69, 9.17) is 37.6 Å². The first-order valence-electron chi connectivity index (χ1n) is 16.9. The van der Waals surface area contributed by atoms with E-state index in [0.29, 0.717) is 30.4 Å². The molecule has 0 N–H and O–H groups in total. The van der Waals surface area contributed by atoms with Crippen LogP contribution < -0.4 is 9.47 Å². The highest BCUT2D eigenvalue weighted by molar-refractivity contribution is 6.74. The molecule has 0 aliphatic carbocycles. The first-order chi connectivity index (χ1) is 21.6. The zero-order valence-corrected chi connectivity index (χ0v) is 31.9. The van der Waals surface area contributed by atoms with E-state index in [2.05, 4.69) is 54.6 Å². The molecular formula is C36H64O9Si. The van der Waals surface area contributed by atoms with Crippen LogP contribution in [0.25, 0.3) is 0 Å². The van der Waals surface area contributed by atoms with Crippen LogP contribution in [0.15, 0.2) is 18.2 Å². The molecule has 9 nitrogen and oxygen atoms in total. The van der Waals surface area contributed by atoms with E-state index in [1.54, 1.807) is 28.4 Å². The molecule has 1 aliphatic rings. The Kier molecular flexibility index (Phi) is 16.7. The molecule has 1 heterocycles. The van der Waals surface area contributed by atoms with Crippen LogP contribution in [-0.2, 0) is 39.5 Å². The van der Waals surface area contributed by atoms with Gasteiger partial charge in [0.25, 0.3) is 0 Å². The summed E-state index contributed by atoms with van der Waals surface area (Å²) < 4.78 is 47.9. The quantitative estimate of drug-likeness (QED) is 0.0567. The molecule has 46 heavy (non-hydrogen) atoms. The van der Waals surface area contributed by atoms with Gasteiger partial charge < -0.3 is 42.4 Å². The monoisotopic (exact) mass is 668 g/mol. The summed E-state index contributed by atoms with van der Waals surface area (Å²) in [6.45, 7) is 20.3. The van der Waals surface area contributed by atoms with Gasteiger partial charge in [0.05, 0.1) is 45.2 Å². The Labute approximate surface area is 280 Å². The molecular weight excluding hydrogens is 604 g/mol. The van der Waals surface area contributed by atoms with Crippen molar-refractivity contribution in [3.05, 3.63) is 23.8 Å². The van der Waals surface area contributed by atoms with Gasteiger partial charge >= 0.3 is 0 Å². The topological polar surface area (TPSA) is 90.9 Å². The van der Waals surface area contributed by atoms with E-state index >= 15 is 0 Å². The van der Waals surface area contributed by atoms with Gasteiger partial charge in [0.1, 0.15) is 13.1 Å². The zero-order chi connectivity index (χ0) is 34.7. The molecule has 9 atom stereocenters. The van der Waals surface area contributed by atoms with E-state index in [1.165, 1.54) is 0 Å². The zero-order valence-electron chi connectivity index (χ0n) is 30.9. The maximum atomic E-state index is 11.9. The summed E-state index contributed by atoms with van der Waals surface area (Å²) in [6, 6.07) is 5.75. The van der Waals surface area contributed by atoms with Crippen LogP contribution in [0.5, 0.6) is 11.5 Å². The lowest BCUT2D eigenvalue weighted by molar-refractivity contribution is -0.162. The first kappa shape index (κ1) is 40.6. The molecule has 266 valence electrons. The van der Waals surface area contributed by atoms with E-state index in [1.807, 2.05) is 25.1 Å². The number of benzene rings is 1. The lowest BCUT2D eigenvalue weighted by Crippen LogP contribution is -2.47. The third-order valence-corrected chi connectivity index (χ3v) is 14.7. The van der Waals surface area contributed by atoms with Gasteiger partial charge in [0.2, 0.25) is 0 Å². The molecule has 1 saturated heterocycles. The van der Waals surface area contributed by atoms with Gasteiger partial charge in [-0.2, -0.15) is 0 Å². The van der Waals surface area contributed by atoms with Crippen molar-refractivity contribution < 1.29 is 42.4 Å². The van der Waals surface area contributed by atoms with Gasteiger partial charge in [-0.15, -0.1) is 0 Å². The second-order valence-electron chi connectivity index (χ2n) is 14.7. The molecule has 1 unspecified atom stereocenters. The summed E-state index contributed by atoms with van der Waals surface area (Å²) >= 11 is 0. The Morgan fingerprint density at radius 3 is 2.20 bits per heavy atom. The molecule has 0 spiro atoms. The van der Waals surface area contributed by atoms with Crippen molar-refractivity contribution in [3.8, 4) is 11.5 Å². The maximum Gasteiger partial charge on any atom is 0.192 e. The van der Waals surface area contributed by atoms with Gasteiger partial charge in [0.15, 0.2) is 26.1 Å². The fourth-order valence-electron chi connectivity index (χ4n) is 5.99. The smallest absolute Gasteiger partial charge is 0.192 e. The fourth-order valence-corrected chi connectivity index (χ4v) is 7.41. The number of carbonyl (C=O) groups excluding carboxylic acids is 1. The van der Waals surface area contributed by atoms with Gasteiger partial charge in [0, 0.05) is 32.5 Å². The number of ether oxygens (including phenoxy) is 7. The summed E-state index contributed by atoms with van der Waals surface area (Å²) in [6.07, 6.45) is 3.70. The van der Waals surface area contributed by atoms with E-state index < -0.39 is 8.32 Å². The largest absolute Gasteiger partial charge is 0.493 e. The molecule has 1 aliphatic heterocycles. The lowest BCUT2D eigenvalue weighted by atomic mass is 9.84. The van der Waals surface area contributed by atoms with Gasteiger partial charge in [-0.25, -0.2) is 0 Å². The second kappa shape index (κ2) is 18.9. The maximum absolute atomic E-state index is 11.9. The second-order valence-corrected chi connectivity index (χ2v) is 19.4. The average molecular weight is 669 g/mol. The molecule has 0 aromatic heterocycles. The van der Waals surface area contributed by atoms with E-state index in [0.717, 1.165) is 31.1 Å². The highest BCUT2D eigenvalue weighted by Gasteiger charge is 2.42. The minimum atomic E-state index is -2.08. The fraction of sp³-hybridized carbons (Fsp3) is 0.806. The Morgan fingerprint density at radius 2 is 1.65 bits per heavy atom. The van der Waals surface area contributed by atoms with Crippen LogP contribution in [0.1, 0.15) is 79.7 Å². The van der Waals surface area contributed by atoms with E-state index in [9.17, 15) is 4.79 Å². The van der Waals surface area contributed by atoms with Gasteiger partial charge in [-0.05, 0) is 66.9 Å². The minimum Gasteiger partial charge on any atom is -0.493 e.